The molecular formula is C19H18BrClN2O3. The molecule has 1 aliphatic heterocycles. The van der Waals surface area contributed by atoms with Gasteiger partial charge in [-0.2, -0.15) is 0 Å². The number of anilines is 2. The van der Waals surface area contributed by atoms with E-state index in [0.29, 0.717) is 27.5 Å². The summed E-state index contributed by atoms with van der Waals surface area (Å²) in [5, 5.41) is 3.44. The molecule has 0 saturated carbocycles. The average Bonchev–Trinajstić information content (AvgIpc) is 3.00. The van der Waals surface area contributed by atoms with Gasteiger partial charge in [0.05, 0.1) is 4.47 Å². The van der Waals surface area contributed by atoms with E-state index in [1.165, 1.54) is 0 Å². The number of amides is 2. The zero-order valence-corrected chi connectivity index (χ0v) is 16.7. The first-order valence-electron chi connectivity index (χ1n) is 8.19. The van der Waals surface area contributed by atoms with Crippen LogP contribution >= 0.6 is 27.5 Å². The third-order valence-corrected chi connectivity index (χ3v) is 5.04. The van der Waals surface area contributed by atoms with E-state index in [9.17, 15) is 9.59 Å². The van der Waals surface area contributed by atoms with Gasteiger partial charge in [-0.1, -0.05) is 11.6 Å². The van der Waals surface area contributed by atoms with Crippen LogP contribution < -0.4 is 15.0 Å². The number of carbonyl (C=O) groups excluding carboxylic acids is 2. The molecule has 26 heavy (non-hydrogen) atoms. The van der Waals surface area contributed by atoms with Crippen molar-refractivity contribution in [2.75, 3.05) is 16.8 Å². The molecule has 1 atom stereocenters. The molecule has 0 bridgehead atoms. The molecule has 3 rings (SSSR count). The second-order valence-electron chi connectivity index (χ2n) is 6.09. The predicted molar refractivity (Wildman–Crippen MR) is 106 cm³/mol. The van der Waals surface area contributed by atoms with Crippen LogP contribution in [0.25, 0.3) is 0 Å². The molecule has 0 saturated heterocycles. The quantitative estimate of drug-likeness (QED) is 0.770. The highest BCUT2D eigenvalue weighted by Gasteiger charge is 2.23. The van der Waals surface area contributed by atoms with E-state index < -0.39 is 6.10 Å². The van der Waals surface area contributed by atoms with Crippen LogP contribution in [-0.4, -0.2) is 24.5 Å². The Labute approximate surface area is 165 Å². The largest absolute Gasteiger partial charge is 0.480 e. The van der Waals surface area contributed by atoms with Crippen molar-refractivity contribution in [2.24, 2.45) is 0 Å². The second kappa shape index (κ2) is 7.68. The van der Waals surface area contributed by atoms with Gasteiger partial charge in [0.15, 0.2) is 6.10 Å². The van der Waals surface area contributed by atoms with E-state index >= 15 is 0 Å². The average molecular weight is 438 g/mol. The lowest BCUT2D eigenvalue weighted by Gasteiger charge is -2.17. The number of ether oxygens (including phenoxy) is 1. The molecule has 0 spiro atoms. The molecule has 2 aromatic rings. The zero-order chi connectivity index (χ0) is 18.8. The Bertz CT molecular complexity index is 872. The highest BCUT2D eigenvalue weighted by atomic mass is 79.9. The van der Waals surface area contributed by atoms with Crippen LogP contribution in [0.3, 0.4) is 0 Å². The monoisotopic (exact) mass is 436 g/mol. The first kappa shape index (κ1) is 18.7. The second-order valence-corrected chi connectivity index (χ2v) is 7.38. The van der Waals surface area contributed by atoms with E-state index in [1.54, 1.807) is 43.0 Å². The lowest BCUT2D eigenvalue weighted by molar-refractivity contribution is -0.122. The van der Waals surface area contributed by atoms with Crippen LogP contribution in [-0.2, 0) is 16.0 Å². The number of benzene rings is 2. The minimum Gasteiger partial charge on any atom is -0.480 e. The first-order valence-corrected chi connectivity index (χ1v) is 9.36. The standard InChI is InChI=1S/C19H18BrClN2O3/c1-11(26-18-6-3-14(21)10-16(18)20)19(25)22-15-4-5-17-13(9-15)7-8-23(17)12(2)24/h3-6,9-11H,7-8H2,1-2H3,(H,22,25). The maximum atomic E-state index is 12.4. The number of rotatable bonds is 4. The summed E-state index contributed by atoms with van der Waals surface area (Å²) < 4.78 is 6.39. The molecule has 5 nitrogen and oxygen atoms in total. The first-order chi connectivity index (χ1) is 12.3. The number of nitrogens with zero attached hydrogens (tertiary/aromatic N) is 1. The molecule has 0 aromatic heterocycles. The van der Waals surface area contributed by atoms with E-state index in [2.05, 4.69) is 21.2 Å². The fraction of sp³-hybridized carbons (Fsp3) is 0.263. The number of fused-ring (bicyclic) bond motifs is 1. The van der Waals surface area contributed by atoms with E-state index in [-0.39, 0.29) is 11.8 Å². The van der Waals surface area contributed by atoms with Crippen LogP contribution in [0, 0.1) is 0 Å². The summed E-state index contributed by atoms with van der Waals surface area (Å²) >= 11 is 9.28. The van der Waals surface area contributed by atoms with Gasteiger partial charge >= 0.3 is 0 Å². The topological polar surface area (TPSA) is 58.6 Å². The maximum Gasteiger partial charge on any atom is 0.265 e. The molecule has 0 aliphatic carbocycles. The van der Waals surface area contributed by atoms with Crippen molar-refractivity contribution >= 4 is 50.7 Å². The molecule has 2 aromatic carbocycles. The van der Waals surface area contributed by atoms with E-state index in [0.717, 1.165) is 17.7 Å². The molecule has 0 radical (unpaired) electrons. The van der Waals surface area contributed by atoms with Gasteiger partial charge in [0.1, 0.15) is 5.75 Å². The molecule has 1 N–H and O–H groups in total. The molecule has 7 heteroatoms. The lowest BCUT2D eigenvalue weighted by atomic mass is 10.1. The van der Waals surface area contributed by atoms with Crippen molar-refractivity contribution in [3.05, 3.63) is 51.5 Å². The van der Waals surface area contributed by atoms with Gasteiger partial charge in [-0.05, 0) is 71.2 Å². The predicted octanol–water partition coefficient (Wildman–Crippen LogP) is 4.42. The Morgan fingerprint density at radius 3 is 2.73 bits per heavy atom. The number of halogens is 2. The third kappa shape index (κ3) is 4.02. The molecule has 2 amide bonds. The van der Waals surface area contributed by atoms with Crippen LogP contribution in [0.1, 0.15) is 19.4 Å². The fourth-order valence-electron chi connectivity index (χ4n) is 2.87. The van der Waals surface area contributed by atoms with Crippen molar-refractivity contribution in [1.29, 1.82) is 0 Å². The van der Waals surface area contributed by atoms with Gasteiger partial charge in [0, 0.05) is 29.9 Å². The number of nitrogens with one attached hydrogen (secondary N) is 1. The van der Waals surface area contributed by atoms with Crippen molar-refractivity contribution in [3.63, 3.8) is 0 Å². The molecule has 1 heterocycles. The van der Waals surface area contributed by atoms with Crippen molar-refractivity contribution in [3.8, 4) is 5.75 Å². The van der Waals surface area contributed by atoms with Crippen molar-refractivity contribution < 1.29 is 14.3 Å². The van der Waals surface area contributed by atoms with Crippen molar-refractivity contribution in [2.45, 2.75) is 26.4 Å². The van der Waals surface area contributed by atoms with E-state index in [1.807, 2.05) is 12.1 Å². The highest BCUT2D eigenvalue weighted by molar-refractivity contribution is 9.10. The Balaban J connectivity index is 1.67. The smallest absolute Gasteiger partial charge is 0.265 e. The molecule has 136 valence electrons. The summed E-state index contributed by atoms with van der Waals surface area (Å²) in [6.45, 7) is 3.91. The van der Waals surface area contributed by atoms with Gasteiger partial charge in [0.25, 0.3) is 5.91 Å². The number of hydrogen-bond donors (Lipinski definition) is 1. The summed E-state index contributed by atoms with van der Waals surface area (Å²) in [7, 11) is 0. The van der Waals surface area contributed by atoms with Crippen LogP contribution in [0.2, 0.25) is 5.02 Å². The number of carbonyl (C=O) groups is 2. The van der Waals surface area contributed by atoms with E-state index in [4.69, 9.17) is 16.3 Å². The summed E-state index contributed by atoms with van der Waals surface area (Å²) in [5.74, 6) is 0.312. The number of hydrogen-bond acceptors (Lipinski definition) is 3. The minimum atomic E-state index is -0.686. The normalized spacial score (nSPS) is 13.9. The van der Waals surface area contributed by atoms with Crippen LogP contribution in [0.5, 0.6) is 5.75 Å². The zero-order valence-electron chi connectivity index (χ0n) is 14.4. The highest BCUT2D eigenvalue weighted by Crippen LogP contribution is 2.31. The molecule has 0 fully saturated rings. The van der Waals surface area contributed by atoms with Gasteiger partial charge in [-0.25, -0.2) is 0 Å². The summed E-state index contributed by atoms with van der Waals surface area (Å²) in [6, 6.07) is 10.7. The van der Waals surface area contributed by atoms with Gasteiger partial charge in [-0.15, -0.1) is 0 Å². The SMILES string of the molecule is CC(=O)N1CCc2cc(NC(=O)C(C)Oc3ccc(Cl)cc3Br)ccc21. The molecular weight excluding hydrogens is 420 g/mol. The fourth-order valence-corrected chi connectivity index (χ4v) is 3.64. The third-order valence-electron chi connectivity index (χ3n) is 4.19. The lowest BCUT2D eigenvalue weighted by Crippen LogP contribution is -2.30. The molecule has 1 unspecified atom stereocenters. The van der Waals surface area contributed by atoms with Gasteiger partial charge in [0.2, 0.25) is 5.91 Å². The Hall–Kier alpha value is -2.05. The van der Waals surface area contributed by atoms with Crippen LogP contribution in [0.15, 0.2) is 40.9 Å². The Kier molecular flexibility index (Phi) is 5.53. The van der Waals surface area contributed by atoms with Gasteiger partial charge < -0.3 is 15.0 Å². The maximum absolute atomic E-state index is 12.4. The molecule has 1 aliphatic rings. The van der Waals surface area contributed by atoms with Crippen LogP contribution in [0.4, 0.5) is 11.4 Å². The van der Waals surface area contributed by atoms with Crippen molar-refractivity contribution in [1.82, 2.24) is 0 Å². The Morgan fingerprint density at radius 2 is 2.04 bits per heavy atom. The minimum absolute atomic E-state index is 0.0242. The summed E-state index contributed by atoms with van der Waals surface area (Å²) in [4.78, 5) is 25.8. The Morgan fingerprint density at radius 1 is 1.27 bits per heavy atom. The summed E-state index contributed by atoms with van der Waals surface area (Å²) in [5.41, 5.74) is 2.64. The summed E-state index contributed by atoms with van der Waals surface area (Å²) in [6.07, 6.45) is 0.0945. The van der Waals surface area contributed by atoms with Gasteiger partial charge in [-0.3, -0.25) is 9.59 Å².